The van der Waals surface area contributed by atoms with Gasteiger partial charge in [0.05, 0.1) is 18.5 Å². The van der Waals surface area contributed by atoms with Gasteiger partial charge in [-0.05, 0) is 86.1 Å². The van der Waals surface area contributed by atoms with Crippen LogP contribution in [0.5, 0.6) is 5.75 Å². The van der Waals surface area contributed by atoms with E-state index in [1.54, 1.807) is 7.11 Å². The smallest absolute Gasteiger partial charge is 0.322 e. The molecule has 2 amide bonds. The van der Waals surface area contributed by atoms with Crippen LogP contribution >= 0.6 is 0 Å². The number of benzene rings is 2. The zero-order valence-electron chi connectivity index (χ0n) is 21.3. The SMILES string of the molecule is COc1ccc(-c2cnc(N3CCN(C(=O)NC45CC6CC(CC(C6)C4)C5)c4ccccc43)nc2)cc1. The van der Waals surface area contributed by atoms with Gasteiger partial charge in [0.1, 0.15) is 5.75 Å². The lowest BCUT2D eigenvalue weighted by Gasteiger charge is -2.57. The molecule has 4 fully saturated rings. The van der Waals surface area contributed by atoms with E-state index in [2.05, 4.69) is 16.3 Å². The van der Waals surface area contributed by atoms with Crippen LogP contribution in [0.3, 0.4) is 0 Å². The highest BCUT2D eigenvalue weighted by atomic mass is 16.5. The van der Waals surface area contributed by atoms with Gasteiger partial charge in [0, 0.05) is 36.6 Å². The zero-order chi connectivity index (χ0) is 25.0. The first kappa shape index (κ1) is 22.6. The molecule has 4 bridgehead atoms. The molecule has 2 heterocycles. The first-order chi connectivity index (χ1) is 18.1. The molecule has 1 aromatic heterocycles. The number of carbonyl (C=O) groups excluding carboxylic acids is 1. The van der Waals surface area contributed by atoms with Crippen molar-refractivity contribution in [2.45, 2.75) is 44.1 Å². The second-order valence-electron chi connectivity index (χ2n) is 11.4. The summed E-state index contributed by atoms with van der Waals surface area (Å²) < 4.78 is 5.26. The first-order valence-electron chi connectivity index (χ1n) is 13.5. The predicted molar refractivity (Wildman–Crippen MR) is 144 cm³/mol. The van der Waals surface area contributed by atoms with Crippen molar-refractivity contribution in [1.82, 2.24) is 15.3 Å². The summed E-state index contributed by atoms with van der Waals surface area (Å²) >= 11 is 0. The Bertz CT molecular complexity index is 1270. The second-order valence-corrected chi connectivity index (χ2v) is 11.4. The molecule has 2 aromatic carbocycles. The van der Waals surface area contributed by atoms with E-state index in [1.165, 1.54) is 19.3 Å². The van der Waals surface area contributed by atoms with E-state index >= 15 is 0 Å². The Labute approximate surface area is 217 Å². The lowest BCUT2D eigenvalue weighted by Crippen LogP contribution is -2.62. The number of carbonyl (C=O) groups is 1. The monoisotopic (exact) mass is 495 g/mol. The van der Waals surface area contributed by atoms with Gasteiger partial charge in [0.2, 0.25) is 5.95 Å². The van der Waals surface area contributed by atoms with Gasteiger partial charge in [0.15, 0.2) is 0 Å². The summed E-state index contributed by atoms with van der Waals surface area (Å²) in [7, 11) is 1.66. The Hall–Kier alpha value is -3.61. The molecule has 190 valence electrons. The van der Waals surface area contributed by atoms with Crippen molar-refractivity contribution in [1.29, 1.82) is 0 Å². The fourth-order valence-corrected chi connectivity index (χ4v) is 7.73. The molecule has 0 atom stereocenters. The first-order valence-corrected chi connectivity index (χ1v) is 13.5. The normalized spacial score (nSPS) is 27.6. The van der Waals surface area contributed by atoms with Crippen LogP contribution in [0, 0.1) is 17.8 Å². The number of fused-ring (bicyclic) bond motifs is 1. The fraction of sp³-hybridized carbons (Fsp3) is 0.433. The van der Waals surface area contributed by atoms with Gasteiger partial charge in [-0.15, -0.1) is 0 Å². The fourth-order valence-electron chi connectivity index (χ4n) is 7.73. The van der Waals surface area contributed by atoms with Crippen molar-refractivity contribution in [2.75, 3.05) is 30.0 Å². The lowest BCUT2D eigenvalue weighted by atomic mass is 9.53. The van der Waals surface area contributed by atoms with Crippen molar-refractivity contribution < 1.29 is 9.53 Å². The van der Waals surface area contributed by atoms with Crippen LogP contribution in [0.1, 0.15) is 38.5 Å². The Morgan fingerprint density at radius 3 is 2.11 bits per heavy atom. The minimum atomic E-state index is -0.00168. The Morgan fingerprint density at radius 2 is 1.49 bits per heavy atom. The van der Waals surface area contributed by atoms with Gasteiger partial charge in [-0.1, -0.05) is 24.3 Å². The average Bonchev–Trinajstić information content (AvgIpc) is 2.91. The number of hydrogen-bond donors (Lipinski definition) is 1. The molecule has 1 aliphatic heterocycles. The van der Waals surface area contributed by atoms with E-state index in [1.807, 2.05) is 59.8 Å². The maximum Gasteiger partial charge on any atom is 0.322 e. The maximum atomic E-state index is 13.7. The molecule has 7 nitrogen and oxygen atoms in total. The number of urea groups is 1. The average molecular weight is 496 g/mol. The van der Waals surface area contributed by atoms with Gasteiger partial charge in [-0.3, -0.25) is 4.90 Å². The van der Waals surface area contributed by atoms with Crippen molar-refractivity contribution in [2.24, 2.45) is 17.8 Å². The number of nitrogens with zero attached hydrogens (tertiary/aromatic N) is 4. The molecule has 7 heteroatoms. The van der Waals surface area contributed by atoms with E-state index in [-0.39, 0.29) is 11.6 Å². The van der Waals surface area contributed by atoms with Gasteiger partial charge in [0.25, 0.3) is 0 Å². The van der Waals surface area contributed by atoms with Crippen LogP contribution in [-0.4, -0.2) is 41.7 Å². The molecule has 1 N–H and O–H groups in total. The molecule has 0 radical (unpaired) electrons. The molecule has 8 rings (SSSR count). The minimum absolute atomic E-state index is 0.00168. The van der Waals surface area contributed by atoms with Gasteiger partial charge >= 0.3 is 6.03 Å². The summed E-state index contributed by atoms with van der Waals surface area (Å²) in [6.45, 7) is 1.24. The molecule has 37 heavy (non-hydrogen) atoms. The number of aromatic nitrogens is 2. The number of ether oxygens (including phenoxy) is 1. The molecular weight excluding hydrogens is 462 g/mol. The Kier molecular flexibility index (Phi) is 5.34. The lowest BCUT2D eigenvalue weighted by molar-refractivity contribution is -0.0131. The third-order valence-corrected chi connectivity index (χ3v) is 8.97. The minimum Gasteiger partial charge on any atom is -0.497 e. The summed E-state index contributed by atoms with van der Waals surface area (Å²) in [5, 5.41) is 3.55. The summed E-state index contributed by atoms with van der Waals surface area (Å²) in [5.74, 6) is 3.87. The van der Waals surface area contributed by atoms with Gasteiger partial charge in [-0.25, -0.2) is 14.8 Å². The molecule has 5 aliphatic rings. The number of rotatable bonds is 4. The molecule has 0 saturated heterocycles. The van der Waals surface area contributed by atoms with Gasteiger partial charge in [-0.2, -0.15) is 0 Å². The van der Waals surface area contributed by atoms with E-state index in [9.17, 15) is 4.79 Å². The molecule has 4 saturated carbocycles. The van der Waals surface area contributed by atoms with Crippen LogP contribution < -0.4 is 19.9 Å². The van der Waals surface area contributed by atoms with Crippen molar-refractivity contribution in [3.8, 4) is 16.9 Å². The summed E-state index contributed by atoms with van der Waals surface area (Å²) in [6, 6.07) is 16.0. The zero-order valence-corrected chi connectivity index (χ0v) is 21.3. The van der Waals surface area contributed by atoms with E-state index in [0.717, 1.165) is 65.3 Å². The van der Waals surface area contributed by atoms with Gasteiger partial charge < -0.3 is 15.0 Å². The largest absolute Gasteiger partial charge is 0.497 e. The number of amides is 2. The van der Waals surface area contributed by atoms with Crippen LogP contribution in [0.2, 0.25) is 0 Å². The number of nitrogens with one attached hydrogen (secondary N) is 1. The van der Waals surface area contributed by atoms with Crippen LogP contribution in [-0.2, 0) is 0 Å². The van der Waals surface area contributed by atoms with Crippen LogP contribution in [0.25, 0.3) is 11.1 Å². The molecule has 4 aliphatic carbocycles. The molecule has 0 spiro atoms. The van der Waals surface area contributed by atoms with Crippen molar-refractivity contribution >= 4 is 23.4 Å². The maximum absolute atomic E-state index is 13.7. The second kappa shape index (κ2) is 8.75. The highest BCUT2D eigenvalue weighted by Crippen LogP contribution is 2.55. The standard InChI is InChI=1S/C30H33N5O2/c1-37-25-8-6-23(7-9-25)24-18-31-28(32-19-24)34-10-11-35(27-5-3-2-4-26(27)34)29(36)33-30-15-20-12-21(16-30)14-22(13-20)17-30/h2-9,18-22H,10-17H2,1H3,(H,33,36). The number of methoxy groups -OCH3 is 1. The van der Waals surface area contributed by atoms with E-state index < -0.39 is 0 Å². The quantitative estimate of drug-likeness (QED) is 0.496. The van der Waals surface area contributed by atoms with Crippen molar-refractivity contribution in [3.05, 3.63) is 60.9 Å². The molecular formula is C30H33N5O2. The predicted octanol–water partition coefficient (Wildman–Crippen LogP) is 5.79. The highest BCUT2D eigenvalue weighted by Gasteiger charge is 2.52. The third kappa shape index (κ3) is 4.01. The molecule has 0 unspecified atom stereocenters. The molecule has 3 aromatic rings. The Balaban J connectivity index is 1.11. The number of anilines is 3. The summed E-state index contributed by atoms with van der Waals surface area (Å²) in [5.41, 5.74) is 3.87. The number of hydrogen-bond acceptors (Lipinski definition) is 5. The third-order valence-electron chi connectivity index (χ3n) is 8.97. The topological polar surface area (TPSA) is 70.6 Å². The number of para-hydroxylation sites is 2. The van der Waals surface area contributed by atoms with E-state index in [0.29, 0.717) is 19.0 Å². The van der Waals surface area contributed by atoms with Crippen molar-refractivity contribution in [3.63, 3.8) is 0 Å². The summed E-state index contributed by atoms with van der Waals surface area (Å²) in [4.78, 5) is 27.1. The Morgan fingerprint density at radius 1 is 0.865 bits per heavy atom. The van der Waals surface area contributed by atoms with Crippen LogP contribution in [0.15, 0.2) is 60.9 Å². The highest BCUT2D eigenvalue weighted by molar-refractivity contribution is 5.98. The van der Waals surface area contributed by atoms with Crippen LogP contribution in [0.4, 0.5) is 22.1 Å². The van der Waals surface area contributed by atoms with E-state index in [4.69, 9.17) is 14.7 Å². The summed E-state index contributed by atoms with van der Waals surface area (Å²) in [6.07, 6.45) is 11.3.